The largest absolute Gasteiger partial charge is 0.545 e. The van der Waals surface area contributed by atoms with Gasteiger partial charge in [0.2, 0.25) is 0 Å². The van der Waals surface area contributed by atoms with Crippen LogP contribution in [0.5, 0.6) is 5.75 Å². The lowest BCUT2D eigenvalue weighted by molar-refractivity contribution is -0.255. The third-order valence-corrected chi connectivity index (χ3v) is 2.95. The third-order valence-electron chi connectivity index (χ3n) is 2.72. The number of carbonyl (C=O) groups excluding carboxylic acids is 2. The molecular formula is C16H12ClN2O4-. The van der Waals surface area contributed by atoms with Crippen molar-refractivity contribution < 1.29 is 19.4 Å². The van der Waals surface area contributed by atoms with E-state index in [1.54, 1.807) is 36.4 Å². The Morgan fingerprint density at radius 1 is 1.22 bits per heavy atom. The Hall–Kier alpha value is -2.86. The first-order valence-electron chi connectivity index (χ1n) is 6.56. The van der Waals surface area contributed by atoms with Crippen molar-refractivity contribution in [1.82, 2.24) is 5.43 Å². The fourth-order valence-electron chi connectivity index (χ4n) is 1.62. The standard InChI is InChI=1S/C16H13ClN2O4/c17-13-2-1-3-14(8-13)23-10-15(20)19-18-9-11-4-6-12(7-5-11)16(21)22/h1-9H,10H2,(H,19,20)(H,21,22)/p-1/b18-9-. The van der Waals surface area contributed by atoms with E-state index in [0.29, 0.717) is 16.3 Å². The highest BCUT2D eigenvalue weighted by Crippen LogP contribution is 2.16. The number of hydrogen-bond donors (Lipinski definition) is 1. The van der Waals surface area contributed by atoms with E-state index in [1.165, 1.54) is 18.3 Å². The summed E-state index contributed by atoms with van der Waals surface area (Å²) in [6.45, 7) is -0.207. The van der Waals surface area contributed by atoms with Crippen molar-refractivity contribution in [3.63, 3.8) is 0 Å². The molecule has 6 nitrogen and oxygen atoms in total. The molecule has 0 aliphatic carbocycles. The van der Waals surface area contributed by atoms with Gasteiger partial charge in [-0.3, -0.25) is 4.79 Å². The summed E-state index contributed by atoms with van der Waals surface area (Å²) in [7, 11) is 0. The minimum atomic E-state index is -1.25. The van der Waals surface area contributed by atoms with Gasteiger partial charge < -0.3 is 14.6 Å². The molecule has 0 saturated carbocycles. The molecule has 0 heterocycles. The monoisotopic (exact) mass is 331 g/mol. The maximum atomic E-state index is 11.6. The SMILES string of the molecule is O=C(COc1cccc(Cl)c1)N/N=C\c1ccc(C(=O)[O-])cc1. The van der Waals surface area contributed by atoms with Gasteiger partial charge in [-0.05, 0) is 29.3 Å². The number of nitrogens with one attached hydrogen (secondary N) is 1. The molecule has 0 saturated heterocycles. The van der Waals surface area contributed by atoms with Crippen LogP contribution in [0.4, 0.5) is 0 Å². The summed E-state index contributed by atoms with van der Waals surface area (Å²) in [5.41, 5.74) is 3.00. The average molecular weight is 332 g/mol. The van der Waals surface area contributed by atoms with Gasteiger partial charge in [-0.1, -0.05) is 41.9 Å². The predicted octanol–water partition coefficient (Wildman–Crippen LogP) is 1.23. The lowest BCUT2D eigenvalue weighted by Crippen LogP contribution is -2.24. The van der Waals surface area contributed by atoms with Crippen molar-refractivity contribution in [3.8, 4) is 5.75 Å². The van der Waals surface area contributed by atoms with Crippen LogP contribution in [-0.4, -0.2) is 24.7 Å². The summed E-state index contributed by atoms with van der Waals surface area (Å²) in [4.78, 5) is 22.2. The van der Waals surface area contributed by atoms with Gasteiger partial charge in [-0.25, -0.2) is 5.43 Å². The normalized spacial score (nSPS) is 10.5. The first-order valence-corrected chi connectivity index (χ1v) is 6.94. The quantitative estimate of drug-likeness (QED) is 0.636. The van der Waals surface area contributed by atoms with E-state index < -0.39 is 11.9 Å². The van der Waals surface area contributed by atoms with Gasteiger partial charge in [-0.15, -0.1) is 0 Å². The molecular weight excluding hydrogens is 320 g/mol. The van der Waals surface area contributed by atoms with Gasteiger partial charge >= 0.3 is 0 Å². The fraction of sp³-hybridized carbons (Fsp3) is 0.0625. The molecule has 23 heavy (non-hydrogen) atoms. The summed E-state index contributed by atoms with van der Waals surface area (Å²) in [6, 6.07) is 12.6. The van der Waals surface area contributed by atoms with E-state index >= 15 is 0 Å². The molecule has 0 aliphatic heterocycles. The first-order chi connectivity index (χ1) is 11.0. The van der Waals surface area contributed by atoms with E-state index in [9.17, 15) is 14.7 Å². The van der Waals surface area contributed by atoms with Crippen LogP contribution >= 0.6 is 11.6 Å². The van der Waals surface area contributed by atoms with Crippen LogP contribution in [0.15, 0.2) is 53.6 Å². The second-order valence-corrected chi connectivity index (χ2v) is 4.89. The Morgan fingerprint density at radius 3 is 2.61 bits per heavy atom. The Morgan fingerprint density at radius 2 is 1.96 bits per heavy atom. The minimum absolute atomic E-state index is 0.0705. The summed E-state index contributed by atoms with van der Waals surface area (Å²) < 4.78 is 5.25. The Bertz CT molecular complexity index is 729. The smallest absolute Gasteiger partial charge is 0.277 e. The molecule has 0 fully saturated rings. The van der Waals surface area contributed by atoms with Crippen LogP contribution in [0.2, 0.25) is 5.02 Å². The van der Waals surface area contributed by atoms with Crippen LogP contribution in [0, 0.1) is 0 Å². The molecule has 1 amide bonds. The van der Waals surface area contributed by atoms with E-state index in [0.717, 1.165) is 0 Å². The number of hydrogen-bond acceptors (Lipinski definition) is 5. The van der Waals surface area contributed by atoms with Gasteiger partial charge in [0.15, 0.2) is 6.61 Å². The summed E-state index contributed by atoms with van der Waals surface area (Å²) in [6.07, 6.45) is 1.39. The van der Waals surface area contributed by atoms with Crippen LogP contribution < -0.4 is 15.3 Å². The highest BCUT2D eigenvalue weighted by molar-refractivity contribution is 6.30. The molecule has 0 atom stereocenters. The average Bonchev–Trinajstić information content (AvgIpc) is 2.53. The first kappa shape index (κ1) is 16.5. The number of aromatic carboxylic acids is 1. The van der Waals surface area contributed by atoms with Crippen LogP contribution in [0.1, 0.15) is 15.9 Å². The molecule has 2 rings (SSSR count). The lowest BCUT2D eigenvalue weighted by Gasteiger charge is -2.05. The van der Waals surface area contributed by atoms with E-state index in [1.807, 2.05) is 0 Å². The van der Waals surface area contributed by atoms with Crippen LogP contribution in [-0.2, 0) is 4.79 Å². The van der Waals surface area contributed by atoms with Gasteiger partial charge in [0, 0.05) is 5.02 Å². The zero-order chi connectivity index (χ0) is 16.7. The van der Waals surface area contributed by atoms with Crippen molar-refractivity contribution in [3.05, 3.63) is 64.7 Å². The molecule has 118 valence electrons. The van der Waals surface area contributed by atoms with Gasteiger partial charge in [0.1, 0.15) is 5.75 Å². The predicted molar refractivity (Wildman–Crippen MR) is 83.5 cm³/mol. The zero-order valence-electron chi connectivity index (χ0n) is 11.9. The molecule has 0 radical (unpaired) electrons. The van der Waals surface area contributed by atoms with Crippen LogP contribution in [0.25, 0.3) is 0 Å². The highest BCUT2D eigenvalue weighted by atomic mass is 35.5. The number of rotatable bonds is 6. The number of halogens is 1. The molecule has 2 aromatic carbocycles. The van der Waals surface area contributed by atoms with E-state index in [4.69, 9.17) is 16.3 Å². The molecule has 2 aromatic rings. The maximum Gasteiger partial charge on any atom is 0.277 e. The number of nitrogens with zero attached hydrogens (tertiary/aromatic N) is 1. The van der Waals surface area contributed by atoms with Crippen molar-refractivity contribution in [2.75, 3.05) is 6.61 Å². The van der Waals surface area contributed by atoms with Crippen molar-refractivity contribution in [2.45, 2.75) is 0 Å². The molecule has 1 N–H and O–H groups in total. The fourth-order valence-corrected chi connectivity index (χ4v) is 1.80. The van der Waals surface area contributed by atoms with Crippen molar-refractivity contribution in [1.29, 1.82) is 0 Å². The molecule has 0 unspecified atom stereocenters. The lowest BCUT2D eigenvalue weighted by atomic mass is 10.1. The zero-order valence-corrected chi connectivity index (χ0v) is 12.6. The molecule has 0 spiro atoms. The number of carbonyl (C=O) groups is 2. The Labute approximate surface area is 137 Å². The van der Waals surface area contributed by atoms with Crippen molar-refractivity contribution >= 4 is 29.7 Å². The second-order valence-electron chi connectivity index (χ2n) is 4.45. The number of carboxylic acids is 1. The van der Waals surface area contributed by atoms with E-state index in [2.05, 4.69) is 10.5 Å². The second kappa shape index (κ2) is 7.95. The number of amides is 1. The molecule has 0 aliphatic rings. The molecule has 0 bridgehead atoms. The number of carboxylic acid groups (broad SMARTS) is 1. The molecule has 7 heteroatoms. The van der Waals surface area contributed by atoms with Crippen molar-refractivity contribution in [2.24, 2.45) is 5.10 Å². The Kier molecular flexibility index (Phi) is 5.71. The summed E-state index contributed by atoms with van der Waals surface area (Å²) in [5.74, 6) is -1.21. The number of benzene rings is 2. The van der Waals surface area contributed by atoms with E-state index in [-0.39, 0.29) is 12.2 Å². The summed E-state index contributed by atoms with van der Waals surface area (Å²) in [5, 5.41) is 14.9. The minimum Gasteiger partial charge on any atom is -0.545 e. The third kappa shape index (κ3) is 5.44. The van der Waals surface area contributed by atoms with Gasteiger partial charge in [-0.2, -0.15) is 5.10 Å². The number of hydrazone groups is 1. The summed E-state index contributed by atoms with van der Waals surface area (Å²) >= 11 is 5.80. The maximum absolute atomic E-state index is 11.6. The Balaban J connectivity index is 1.80. The number of ether oxygens (including phenoxy) is 1. The molecule has 0 aromatic heterocycles. The highest BCUT2D eigenvalue weighted by Gasteiger charge is 2.01. The van der Waals surface area contributed by atoms with Gasteiger partial charge in [0.25, 0.3) is 5.91 Å². The van der Waals surface area contributed by atoms with Gasteiger partial charge in [0.05, 0.1) is 12.2 Å². The topological polar surface area (TPSA) is 90.8 Å². The van der Waals surface area contributed by atoms with Crippen LogP contribution in [0.3, 0.4) is 0 Å².